The Morgan fingerprint density at radius 3 is 2.92 bits per heavy atom. The summed E-state index contributed by atoms with van der Waals surface area (Å²) in [5.41, 5.74) is 3.42. The van der Waals surface area contributed by atoms with Crippen LogP contribution >= 0.6 is 0 Å². The Balaban J connectivity index is 1.54. The zero-order valence-corrected chi connectivity index (χ0v) is 14.3. The van der Waals surface area contributed by atoms with Crippen molar-refractivity contribution < 1.29 is 9.21 Å². The molecule has 0 aliphatic heterocycles. The molecule has 0 atom stereocenters. The third-order valence-electron chi connectivity index (χ3n) is 3.78. The zero-order chi connectivity index (χ0) is 17.6. The van der Waals surface area contributed by atoms with E-state index in [0.717, 1.165) is 29.8 Å². The van der Waals surface area contributed by atoms with Gasteiger partial charge in [0, 0.05) is 36.7 Å². The number of nitrogens with zero attached hydrogens (tertiary/aromatic N) is 3. The lowest BCUT2D eigenvalue weighted by molar-refractivity contribution is 0.252. The quantitative estimate of drug-likeness (QED) is 0.674. The highest BCUT2D eigenvalue weighted by molar-refractivity contribution is 5.90. The predicted octanol–water partition coefficient (Wildman–Crippen LogP) is 3.37. The topological polar surface area (TPSA) is 85.0 Å². The molecule has 0 fully saturated rings. The van der Waals surface area contributed by atoms with E-state index < -0.39 is 0 Å². The van der Waals surface area contributed by atoms with Crippen molar-refractivity contribution in [3.05, 3.63) is 54.4 Å². The van der Waals surface area contributed by atoms with Crippen molar-refractivity contribution in [1.29, 1.82) is 0 Å². The molecule has 3 aromatic rings. The molecule has 7 nitrogen and oxygen atoms in total. The van der Waals surface area contributed by atoms with Crippen LogP contribution in [0.2, 0.25) is 0 Å². The summed E-state index contributed by atoms with van der Waals surface area (Å²) in [7, 11) is 0. The van der Waals surface area contributed by atoms with Crippen LogP contribution in [0.5, 0.6) is 0 Å². The lowest BCUT2D eigenvalue weighted by Gasteiger charge is -2.10. The predicted molar refractivity (Wildman–Crippen MR) is 95.3 cm³/mol. The standard InChI is InChI=1S/C18H21N5O2/c1-13-4-5-15(10-16(13)17-21-14(2)11-25-17)22-18(24)20-6-3-8-23-9-7-19-12-23/h4-5,7,9-12H,3,6,8H2,1-2H3,(H2,20,22,24). The van der Waals surface area contributed by atoms with E-state index >= 15 is 0 Å². The first kappa shape index (κ1) is 16.8. The lowest BCUT2D eigenvalue weighted by atomic mass is 10.1. The Labute approximate surface area is 146 Å². The number of anilines is 1. The molecule has 0 bridgehead atoms. The van der Waals surface area contributed by atoms with Gasteiger partial charge in [-0.25, -0.2) is 14.8 Å². The number of hydrogen-bond donors (Lipinski definition) is 2. The Morgan fingerprint density at radius 2 is 2.20 bits per heavy atom. The summed E-state index contributed by atoms with van der Waals surface area (Å²) < 4.78 is 7.44. The summed E-state index contributed by atoms with van der Waals surface area (Å²) in [6.07, 6.45) is 7.85. The Morgan fingerprint density at radius 1 is 1.32 bits per heavy atom. The Bertz CT molecular complexity index is 839. The number of carbonyl (C=O) groups is 1. The molecule has 0 unspecified atom stereocenters. The molecule has 130 valence electrons. The van der Waals surface area contributed by atoms with Gasteiger partial charge in [-0.2, -0.15) is 0 Å². The second kappa shape index (κ2) is 7.65. The van der Waals surface area contributed by atoms with Crippen molar-refractivity contribution >= 4 is 11.7 Å². The minimum absolute atomic E-state index is 0.232. The first-order valence-corrected chi connectivity index (χ1v) is 8.15. The number of urea groups is 1. The number of amides is 2. The number of oxazole rings is 1. The Hall–Kier alpha value is -3.09. The fourth-order valence-corrected chi connectivity index (χ4v) is 2.47. The third-order valence-corrected chi connectivity index (χ3v) is 3.78. The van der Waals surface area contributed by atoms with Crippen molar-refractivity contribution in [3.8, 4) is 11.5 Å². The van der Waals surface area contributed by atoms with Crippen LogP contribution in [0.4, 0.5) is 10.5 Å². The fraction of sp³-hybridized carbons (Fsp3) is 0.278. The van der Waals surface area contributed by atoms with E-state index in [1.165, 1.54) is 0 Å². The number of hydrogen-bond acceptors (Lipinski definition) is 4. The molecular weight excluding hydrogens is 318 g/mol. The summed E-state index contributed by atoms with van der Waals surface area (Å²) >= 11 is 0. The molecule has 7 heteroatoms. The van der Waals surface area contributed by atoms with Crippen LogP contribution in [-0.4, -0.2) is 27.1 Å². The summed E-state index contributed by atoms with van der Waals surface area (Å²) in [6.45, 7) is 5.26. The number of carbonyl (C=O) groups excluding carboxylic acids is 1. The van der Waals surface area contributed by atoms with Gasteiger partial charge in [0.25, 0.3) is 0 Å². The van der Waals surface area contributed by atoms with E-state index in [9.17, 15) is 4.79 Å². The SMILES string of the molecule is Cc1coc(-c2cc(NC(=O)NCCCn3ccnc3)ccc2C)n1. The van der Waals surface area contributed by atoms with Gasteiger partial charge in [0.2, 0.25) is 5.89 Å². The van der Waals surface area contributed by atoms with Crippen LogP contribution in [0.25, 0.3) is 11.5 Å². The number of rotatable bonds is 6. The first-order valence-electron chi connectivity index (χ1n) is 8.15. The van der Waals surface area contributed by atoms with E-state index in [1.54, 1.807) is 18.8 Å². The number of nitrogens with one attached hydrogen (secondary N) is 2. The van der Waals surface area contributed by atoms with Gasteiger partial charge in [-0.1, -0.05) is 6.07 Å². The molecule has 0 spiro atoms. The highest BCUT2D eigenvalue weighted by Gasteiger charge is 2.10. The largest absolute Gasteiger partial charge is 0.444 e. The van der Waals surface area contributed by atoms with Gasteiger partial charge in [0.1, 0.15) is 6.26 Å². The van der Waals surface area contributed by atoms with Gasteiger partial charge in [0.15, 0.2) is 0 Å². The molecule has 0 saturated heterocycles. The maximum Gasteiger partial charge on any atom is 0.319 e. The molecule has 25 heavy (non-hydrogen) atoms. The molecule has 0 aliphatic rings. The van der Waals surface area contributed by atoms with E-state index in [2.05, 4.69) is 20.6 Å². The van der Waals surface area contributed by atoms with E-state index in [0.29, 0.717) is 18.1 Å². The molecule has 3 rings (SSSR count). The van der Waals surface area contributed by atoms with Gasteiger partial charge in [-0.15, -0.1) is 0 Å². The van der Waals surface area contributed by atoms with Crippen LogP contribution in [0, 0.1) is 13.8 Å². The minimum Gasteiger partial charge on any atom is -0.444 e. The maximum atomic E-state index is 12.0. The van der Waals surface area contributed by atoms with Crippen molar-refractivity contribution in [2.75, 3.05) is 11.9 Å². The van der Waals surface area contributed by atoms with Gasteiger partial charge >= 0.3 is 6.03 Å². The van der Waals surface area contributed by atoms with Crippen molar-refractivity contribution in [3.63, 3.8) is 0 Å². The van der Waals surface area contributed by atoms with Crippen LogP contribution < -0.4 is 10.6 Å². The molecule has 1 aromatic carbocycles. The summed E-state index contributed by atoms with van der Waals surface area (Å²) in [5.74, 6) is 0.555. The number of aryl methyl sites for hydroxylation is 3. The highest BCUT2D eigenvalue weighted by atomic mass is 16.3. The van der Waals surface area contributed by atoms with E-state index in [1.807, 2.05) is 42.8 Å². The molecule has 0 aliphatic carbocycles. The molecule has 2 aromatic heterocycles. The van der Waals surface area contributed by atoms with Gasteiger partial charge < -0.3 is 19.6 Å². The van der Waals surface area contributed by atoms with Gasteiger partial charge in [-0.3, -0.25) is 0 Å². The fourth-order valence-electron chi connectivity index (χ4n) is 2.47. The van der Waals surface area contributed by atoms with Gasteiger partial charge in [0.05, 0.1) is 12.0 Å². The van der Waals surface area contributed by atoms with Crippen LogP contribution in [-0.2, 0) is 6.54 Å². The van der Waals surface area contributed by atoms with Crippen molar-refractivity contribution in [1.82, 2.24) is 19.9 Å². The minimum atomic E-state index is -0.232. The monoisotopic (exact) mass is 339 g/mol. The summed E-state index contributed by atoms with van der Waals surface area (Å²) in [4.78, 5) is 20.4. The van der Waals surface area contributed by atoms with Gasteiger partial charge in [-0.05, 0) is 38.0 Å². The molecule has 2 amide bonds. The highest BCUT2D eigenvalue weighted by Crippen LogP contribution is 2.26. The molecule has 0 radical (unpaired) electrons. The smallest absolute Gasteiger partial charge is 0.319 e. The number of benzene rings is 1. The number of imidazole rings is 1. The summed E-state index contributed by atoms with van der Waals surface area (Å²) in [5, 5.41) is 5.69. The molecule has 2 N–H and O–H groups in total. The zero-order valence-electron chi connectivity index (χ0n) is 14.3. The van der Waals surface area contributed by atoms with Crippen molar-refractivity contribution in [2.45, 2.75) is 26.8 Å². The average Bonchev–Trinajstić information content (AvgIpc) is 3.25. The second-order valence-electron chi connectivity index (χ2n) is 5.86. The lowest BCUT2D eigenvalue weighted by Crippen LogP contribution is -2.30. The Kier molecular flexibility index (Phi) is 5.13. The molecule has 0 saturated carbocycles. The van der Waals surface area contributed by atoms with E-state index in [-0.39, 0.29) is 6.03 Å². The summed E-state index contributed by atoms with van der Waals surface area (Å²) in [6, 6.07) is 5.43. The van der Waals surface area contributed by atoms with E-state index in [4.69, 9.17) is 4.42 Å². The third kappa shape index (κ3) is 4.47. The average molecular weight is 339 g/mol. The maximum absolute atomic E-state index is 12.0. The number of aromatic nitrogens is 3. The normalized spacial score (nSPS) is 10.6. The molecule has 2 heterocycles. The first-order chi connectivity index (χ1) is 12.1. The van der Waals surface area contributed by atoms with Crippen molar-refractivity contribution in [2.24, 2.45) is 0 Å². The van der Waals surface area contributed by atoms with Crippen LogP contribution in [0.15, 0.2) is 47.6 Å². The van der Waals surface area contributed by atoms with Crippen LogP contribution in [0.3, 0.4) is 0 Å². The second-order valence-corrected chi connectivity index (χ2v) is 5.86. The molecular formula is C18H21N5O2. The van der Waals surface area contributed by atoms with Crippen LogP contribution in [0.1, 0.15) is 17.7 Å².